The molecule has 1 aromatic rings. The van der Waals surface area contributed by atoms with Crippen LogP contribution in [-0.4, -0.2) is 25.2 Å². The third-order valence-corrected chi connectivity index (χ3v) is 4.65. The van der Waals surface area contributed by atoms with Crippen molar-refractivity contribution < 1.29 is 4.74 Å². The van der Waals surface area contributed by atoms with Gasteiger partial charge in [0.25, 0.3) is 0 Å². The molecule has 1 aromatic carbocycles. The fraction of sp³-hybridized carbons (Fsp3) is 0.625. The third-order valence-electron chi connectivity index (χ3n) is 2.94. The Bertz CT molecular complexity index is 398. The Morgan fingerprint density at radius 1 is 1.30 bits per heavy atom. The van der Waals surface area contributed by atoms with E-state index in [1.807, 2.05) is 30.0 Å². The number of rotatable bonds is 9. The standard InChI is InChI=1S/C16H26ClNOS/c1-5-8-18-15(11-20-10-12(2)3)14-9-13(17)6-7-16(14)19-4/h6-7,9,12,15,18H,5,8,10-11H2,1-4H3. The Labute approximate surface area is 132 Å². The molecule has 0 aliphatic carbocycles. The van der Waals surface area contributed by atoms with Crippen LogP contribution in [0, 0.1) is 5.92 Å². The van der Waals surface area contributed by atoms with Gasteiger partial charge in [-0.05, 0) is 42.8 Å². The lowest BCUT2D eigenvalue weighted by Gasteiger charge is -2.21. The summed E-state index contributed by atoms with van der Waals surface area (Å²) in [6.45, 7) is 7.69. The van der Waals surface area contributed by atoms with Crippen molar-refractivity contribution in [2.45, 2.75) is 33.2 Å². The molecular weight excluding hydrogens is 290 g/mol. The fourth-order valence-electron chi connectivity index (χ4n) is 1.98. The van der Waals surface area contributed by atoms with Crippen LogP contribution in [0.15, 0.2) is 18.2 Å². The van der Waals surface area contributed by atoms with E-state index in [4.69, 9.17) is 16.3 Å². The zero-order valence-electron chi connectivity index (χ0n) is 12.9. The second kappa shape index (κ2) is 9.54. The van der Waals surface area contributed by atoms with Gasteiger partial charge in [0.2, 0.25) is 0 Å². The largest absolute Gasteiger partial charge is 0.496 e. The molecule has 114 valence electrons. The highest BCUT2D eigenvalue weighted by molar-refractivity contribution is 7.99. The number of thioether (sulfide) groups is 1. The van der Waals surface area contributed by atoms with Crippen LogP contribution in [0.1, 0.15) is 38.8 Å². The lowest BCUT2D eigenvalue weighted by atomic mass is 10.1. The van der Waals surface area contributed by atoms with Gasteiger partial charge in [-0.2, -0.15) is 11.8 Å². The zero-order valence-corrected chi connectivity index (χ0v) is 14.5. The molecule has 1 N–H and O–H groups in total. The van der Waals surface area contributed by atoms with E-state index in [9.17, 15) is 0 Å². The Balaban J connectivity index is 2.82. The van der Waals surface area contributed by atoms with Crippen molar-refractivity contribution in [2.75, 3.05) is 25.2 Å². The van der Waals surface area contributed by atoms with Crippen molar-refractivity contribution in [3.05, 3.63) is 28.8 Å². The minimum atomic E-state index is 0.285. The molecular formula is C16H26ClNOS. The van der Waals surface area contributed by atoms with Gasteiger partial charge in [0.05, 0.1) is 7.11 Å². The predicted molar refractivity (Wildman–Crippen MR) is 91.2 cm³/mol. The Morgan fingerprint density at radius 2 is 2.05 bits per heavy atom. The van der Waals surface area contributed by atoms with Gasteiger partial charge >= 0.3 is 0 Å². The van der Waals surface area contributed by atoms with Gasteiger partial charge in [-0.1, -0.05) is 32.4 Å². The van der Waals surface area contributed by atoms with E-state index < -0.39 is 0 Å². The van der Waals surface area contributed by atoms with Crippen molar-refractivity contribution in [2.24, 2.45) is 5.92 Å². The topological polar surface area (TPSA) is 21.3 Å². The monoisotopic (exact) mass is 315 g/mol. The van der Waals surface area contributed by atoms with E-state index in [0.29, 0.717) is 5.92 Å². The van der Waals surface area contributed by atoms with Gasteiger partial charge in [-0.25, -0.2) is 0 Å². The molecule has 0 aromatic heterocycles. The van der Waals surface area contributed by atoms with Crippen molar-refractivity contribution in [3.63, 3.8) is 0 Å². The summed E-state index contributed by atoms with van der Waals surface area (Å²) in [5.74, 6) is 3.84. The molecule has 0 bridgehead atoms. The Kier molecular flexibility index (Phi) is 8.43. The van der Waals surface area contributed by atoms with Gasteiger partial charge < -0.3 is 10.1 Å². The second-order valence-corrected chi connectivity index (χ2v) is 6.84. The summed E-state index contributed by atoms with van der Waals surface area (Å²) in [6.07, 6.45) is 1.12. The third kappa shape index (κ3) is 5.94. The fourth-order valence-corrected chi connectivity index (χ4v) is 3.30. The molecule has 1 rings (SSSR count). The van der Waals surface area contributed by atoms with Crippen LogP contribution in [0.2, 0.25) is 5.02 Å². The molecule has 1 unspecified atom stereocenters. The molecule has 0 spiro atoms. The quantitative estimate of drug-likeness (QED) is 0.708. The van der Waals surface area contributed by atoms with Gasteiger partial charge in [0, 0.05) is 22.4 Å². The Hall–Kier alpha value is -0.380. The molecule has 0 fully saturated rings. The first kappa shape index (κ1) is 17.7. The van der Waals surface area contributed by atoms with Crippen molar-refractivity contribution in [1.82, 2.24) is 5.32 Å². The maximum absolute atomic E-state index is 6.15. The van der Waals surface area contributed by atoms with Crippen LogP contribution >= 0.6 is 23.4 Å². The number of hydrogen-bond acceptors (Lipinski definition) is 3. The average molecular weight is 316 g/mol. The first-order valence-electron chi connectivity index (χ1n) is 7.23. The van der Waals surface area contributed by atoms with E-state index in [2.05, 4.69) is 26.1 Å². The number of ether oxygens (including phenoxy) is 1. The molecule has 0 saturated carbocycles. The van der Waals surface area contributed by atoms with Crippen LogP contribution in [0.4, 0.5) is 0 Å². The minimum absolute atomic E-state index is 0.285. The summed E-state index contributed by atoms with van der Waals surface area (Å²) >= 11 is 8.12. The van der Waals surface area contributed by atoms with Gasteiger partial charge in [-0.3, -0.25) is 0 Å². The van der Waals surface area contributed by atoms with Crippen LogP contribution in [-0.2, 0) is 0 Å². The number of methoxy groups -OCH3 is 1. The lowest BCUT2D eigenvalue weighted by molar-refractivity contribution is 0.402. The number of hydrogen-bond donors (Lipinski definition) is 1. The molecule has 0 aliphatic heterocycles. The zero-order chi connectivity index (χ0) is 15.0. The summed E-state index contributed by atoms with van der Waals surface area (Å²) in [5.41, 5.74) is 1.16. The Morgan fingerprint density at radius 3 is 2.65 bits per heavy atom. The number of halogens is 1. The van der Waals surface area contributed by atoms with Gasteiger partial charge in [-0.15, -0.1) is 0 Å². The van der Waals surface area contributed by atoms with E-state index in [1.54, 1.807) is 7.11 Å². The van der Waals surface area contributed by atoms with Crippen LogP contribution in [0.3, 0.4) is 0 Å². The SMILES string of the molecule is CCCNC(CSCC(C)C)c1cc(Cl)ccc1OC. The van der Waals surface area contributed by atoms with Crippen molar-refractivity contribution in [1.29, 1.82) is 0 Å². The van der Waals surface area contributed by atoms with Crippen molar-refractivity contribution in [3.8, 4) is 5.75 Å². The smallest absolute Gasteiger partial charge is 0.123 e. The summed E-state index contributed by atoms with van der Waals surface area (Å²) in [7, 11) is 1.71. The van der Waals surface area contributed by atoms with Crippen LogP contribution in [0.25, 0.3) is 0 Å². The minimum Gasteiger partial charge on any atom is -0.496 e. The highest BCUT2D eigenvalue weighted by atomic mass is 35.5. The molecule has 0 amide bonds. The average Bonchev–Trinajstić information content (AvgIpc) is 2.42. The summed E-state index contributed by atoms with van der Waals surface area (Å²) in [6, 6.07) is 6.13. The van der Waals surface area contributed by atoms with Crippen LogP contribution < -0.4 is 10.1 Å². The first-order valence-corrected chi connectivity index (χ1v) is 8.76. The normalized spacial score (nSPS) is 12.7. The molecule has 1 atom stereocenters. The number of nitrogens with one attached hydrogen (secondary N) is 1. The molecule has 0 heterocycles. The maximum Gasteiger partial charge on any atom is 0.123 e. The molecule has 0 saturated heterocycles. The van der Waals surface area contributed by atoms with Gasteiger partial charge in [0.1, 0.15) is 5.75 Å². The van der Waals surface area contributed by atoms with E-state index in [0.717, 1.165) is 35.1 Å². The lowest BCUT2D eigenvalue weighted by Crippen LogP contribution is -2.25. The summed E-state index contributed by atoms with van der Waals surface area (Å²) in [5, 5.41) is 4.36. The highest BCUT2D eigenvalue weighted by Crippen LogP contribution is 2.30. The van der Waals surface area contributed by atoms with E-state index in [-0.39, 0.29) is 6.04 Å². The molecule has 20 heavy (non-hydrogen) atoms. The first-order chi connectivity index (χ1) is 9.58. The summed E-state index contributed by atoms with van der Waals surface area (Å²) < 4.78 is 5.48. The van der Waals surface area contributed by atoms with E-state index >= 15 is 0 Å². The molecule has 4 heteroatoms. The number of benzene rings is 1. The predicted octanol–water partition coefficient (Wildman–Crippen LogP) is 4.78. The molecule has 2 nitrogen and oxygen atoms in total. The van der Waals surface area contributed by atoms with Crippen molar-refractivity contribution >= 4 is 23.4 Å². The molecule has 0 radical (unpaired) electrons. The second-order valence-electron chi connectivity index (χ2n) is 5.32. The van der Waals surface area contributed by atoms with Gasteiger partial charge in [0.15, 0.2) is 0 Å². The van der Waals surface area contributed by atoms with E-state index in [1.165, 1.54) is 5.75 Å². The highest BCUT2D eigenvalue weighted by Gasteiger charge is 2.16. The van der Waals surface area contributed by atoms with Crippen LogP contribution in [0.5, 0.6) is 5.75 Å². The summed E-state index contributed by atoms with van der Waals surface area (Å²) in [4.78, 5) is 0. The maximum atomic E-state index is 6.15. The molecule has 0 aliphatic rings.